The molecule has 1 aromatic heterocycles. The number of carbonyl (C=O) groups excluding carboxylic acids is 2. The van der Waals surface area contributed by atoms with Crippen molar-refractivity contribution in [1.82, 2.24) is 20.2 Å². The zero-order valence-electron chi connectivity index (χ0n) is 13.6. The van der Waals surface area contributed by atoms with Crippen molar-refractivity contribution in [2.24, 2.45) is 5.92 Å². The van der Waals surface area contributed by atoms with Crippen molar-refractivity contribution < 1.29 is 14.3 Å². The highest BCUT2D eigenvalue weighted by atomic mass is 16.5. The lowest BCUT2D eigenvalue weighted by Gasteiger charge is -2.26. The van der Waals surface area contributed by atoms with Crippen molar-refractivity contribution in [3.63, 3.8) is 0 Å². The van der Waals surface area contributed by atoms with Crippen LogP contribution in [-0.4, -0.2) is 47.7 Å². The third-order valence-electron chi connectivity index (χ3n) is 3.34. The van der Waals surface area contributed by atoms with Crippen molar-refractivity contribution in [2.75, 3.05) is 14.2 Å². The van der Waals surface area contributed by atoms with Crippen LogP contribution in [0, 0.1) is 5.92 Å². The summed E-state index contributed by atoms with van der Waals surface area (Å²) >= 11 is 0. The number of H-pyrrole nitrogens is 1. The fourth-order valence-corrected chi connectivity index (χ4v) is 2.05. The van der Waals surface area contributed by atoms with Gasteiger partial charge in [0.2, 0.25) is 5.91 Å². The van der Waals surface area contributed by atoms with Gasteiger partial charge in [0, 0.05) is 19.3 Å². The van der Waals surface area contributed by atoms with Gasteiger partial charge in [0.05, 0.1) is 13.7 Å². The van der Waals surface area contributed by atoms with Crippen LogP contribution < -0.4 is 21.9 Å². The minimum atomic E-state index is -0.852. The first-order valence-corrected chi connectivity index (χ1v) is 7.15. The Balaban J connectivity index is 3.04. The van der Waals surface area contributed by atoms with Crippen LogP contribution >= 0.6 is 0 Å². The number of carbonyl (C=O) groups is 2. The van der Waals surface area contributed by atoms with Gasteiger partial charge in [0.25, 0.3) is 5.56 Å². The van der Waals surface area contributed by atoms with E-state index in [0.717, 1.165) is 0 Å². The lowest BCUT2D eigenvalue weighted by atomic mass is 10.0. The molecule has 1 unspecified atom stereocenters. The number of aromatic nitrogens is 2. The van der Waals surface area contributed by atoms with E-state index in [2.05, 4.69) is 15.6 Å². The molecule has 0 aliphatic rings. The summed E-state index contributed by atoms with van der Waals surface area (Å²) < 4.78 is 5.91. The molecular formula is C14H22N4O5. The second kappa shape index (κ2) is 8.28. The molecule has 0 saturated heterocycles. The lowest BCUT2D eigenvalue weighted by Crippen LogP contribution is -2.55. The molecule has 0 aliphatic heterocycles. The van der Waals surface area contributed by atoms with Gasteiger partial charge in [0.15, 0.2) is 0 Å². The van der Waals surface area contributed by atoms with E-state index < -0.39 is 35.2 Å². The average molecular weight is 326 g/mol. The van der Waals surface area contributed by atoms with Crippen LogP contribution in [0.4, 0.5) is 0 Å². The van der Waals surface area contributed by atoms with Gasteiger partial charge in [-0.15, -0.1) is 0 Å². The Labute approximate surface area is 133 Å². The summed E-state index contributed by atoms with van der Waals surface area (Å²) in [5.41, 5.74) is -1.15. The molecule has 3 N–H and O–H groups in total. The number of esters is 1. The maximum Gasteiger partial charge on any atom is 0.328 e. The molecule has 23 heavy (non-hydrogen) atoms. The standard InChI is InChI=1S/C14H22N4O5/c1-8(2)11(13(21)23-4)16-9(12(20)15-3)7-18-6-5-10(19)17-14(18)22/h5-6,8-9,11,16H,7H2,1-4H3,(H,15,20)(H,17,19,22)/t9?,11-/m1/s1. The Bertz CT molecular complexity index is 664. The molecule has 1 heterocycles. The molecule has 0 aromatic carbocycles. The van der Waals surface area contributed by atoms with E-state index in [1.54, 1.807) is 0 Å². The first kappa shape index (κ1) is 18.6. The third-order valence-corrected chi connectivity index (χ3v) is 3.34. The van der Waals surface area contributed by atoms with E-state index in [9.17, 15) is 19.2 Å². The van der Waals surface area contributed by atoms with Crippen LogP contribution in [0.3, 0.4) is 0 Å². The van der Waals surface area contributed by atoms with Gasteiger partial charge in [-0.2, -0.15) is 0 Å². The first-order chi connectivity index (χ1) is 10.8. The zero-order valence-corrected chi connectivity index (χ0v) is 13.6. The maximum absolute atomic E-state index is 12.1. The number of nitrogens with zero attached hydrogens (tertiary/aromatic N) is 1. The molecule has 9 heteroatoms. The minimum absolute atomic E-state index is 0.0461. The Morgan fingerprint density at radius 2 is 2.00 bits per heavy atom. The van der Waals surface area contributed by atoms with Crippen LogP contribution in [-0.2, 0) is 20.9 Å². The molecular weight excluding hydrogens is 304 g/mol. The van der Waals surface area contributed by atoms with Crippen molar-refractivity contribution in [2.45, 2.75) is 32.5 Å². The van der Waals surface area contributed by atoms with E-state index in [0.29, 0.717) is 0 Å². The van der Waals surface area contributed by atoms with Crippen molar-refractivity contribution in [3.8, 4) is 0 Å². The Morgan fingerprint density at radius 1 is 1.35 bits per heavy atom. The highest BCUT2D eigenvalue weighted by molar-refractivity contribution is 5.83. The largest absolute Gasteiger partial charge is 0.468 e. The topological polar surface area (TPSA) is 122 Å². The summed E-state index contributed by atoms with van der Waals surface area (Å²) in [5.74, 6) is -1.01. The molecule has 128 valence electrons. The summed E-state index contributed by atoms with van der Waals surface area (Å²) in [7, 11) is 2.72. The highest BCUT2D eigenvalue weighted by Gasteiger charge is 2.29. The van der Waals surface area contributed by atoms with Gasteiger partial charge in [-0.1, -0.05) is 13.8 Å². The summed E-state index contributed by atoms with van der Waals surface area (Å²) in [5, 5.41) is 5.38. The third kappa shape index (κ3) is 5.06. The minimum Gasteiger partial charge on any atom is -0.468 e. The number of nitrogens with one attached hydrogen (secondary N) is 3. The lowest BCUT2D eigenvalue weighted by molar-refractivity contribution is -0.144. The normalized spacial score (nSPS) is 13.4. The molecule has 1 amide bonds. The number of rotatable bonds is 7. The fourth-order valence-electron chi connectivity index (χ4n) is 2.05. The number of likely N-dealkylation sites (N-methyl/N-ethyl adjacent to an activating group) is 1. The molecule has 2 atom stereocenters. The van der Waals surface area contributed by atoms with Gasteiger partial charge in [-0.3, -0.25) is 29.3 Å². The first-order valence-electron chi connectivity index (χ1n) is 7.15. The van der Waals surface area contributed by atoms with Gasteiger partial charge < -0.3 is 10.1 Å². The van der Waals surface area contributed by atoms with E-state index in [-0.39, 0.29) is 12.5 Å². The smallest absolute Gasteiger partial charge is 0.328 e. The Kier molecular flexibility index (Phi) is 6.70. The Morgan fingerprint density at radius 3 is 2.48 bits per heavy atom. The van der Waals surface area contributed by atoms with Crippen LogP contribution in [0.5, 0.6) is 0 Å². The second-order valence-corrected chi connectivity index (χ2v) is 5.34. The molecule has 1 aromatic rings. The average Bonchev–Trinajstić information content (AvgIpc) is 2.51. The second-order valence-electron chi connectivity index (χ2n) is 5.34. The molecule has 0 aliphatic carbocycles. The van der Waals surface area contributed by atoms with Crippen LogP contribution in [0.1, 0.15) is 13.8 Å². The number of ether oxygens (including phenoxy) is 1. The van der Waals surface area contributed by atoms with Crippen molar-refractivity contribution in [3.05, 3.63) is 33.1 Å². The molecule has 0 fully saturated rings. The van der Waals surface area contributed by atoms with E-state index >= 15 is 0 Å². The van der Waals surface area contributed by atoms with E-state index in [1.807, 2.05) is 13.8 Å². The maximum atomic E-state index is 12.1. The zero-order chi connectivity index (χ0) is 17.6. The van der Waals surface area contributed by atoms with Crippen LogP contribution in [0.15, 0.2) is 21.9 Å². The van der Waals surface area contributed by atoms with E-state index in [4.69, 9.17) is 4.74 Å². The number of hydrogen-bond acceptors (Lipinski definition) is 6. The molecule has 0 bridgehead atoms. The molecule has 0 spiro atoms. The van der Waals surface area contributed by atoms with Crippen LogP contribution in [0.2, 0.25) is 0 Å². The molecule has 0 radical (unpaired) electrons. The summed E-state index contributed by atoms with van der Waals surface area (Å²) in [6, 6.07) is -0.376. The number of aromatic amines is 1. The van der Waals surface area contributed by atoms with E-state index in [1.165, 1.54) is 31.0 Å². The van der Waals surface area contributed by atoms with Gasteiger partial charge >= 0.3 is 11.7 Å². The number of methoxy groups -OCH3 is 1. The summed E-state index contributed by atoms with van der Waals surface area (Å²) in [6.07, 6.45) is 1.29. The predicted octanol–water partition coefficient (Wildman–Crippen LogP) is -1.56. The molecule has 9 nitrogen and oxygen atoms in total. The SMILES string of the molecule is CNC(=O)C(Cn1ccc(=O)[nH]c1=O)N[C@@H](C(=O)OC)C(C)C. The van der Waals surface area contributed by atoms with Gasteiger partial charge in [-0.25, -0.2) is 4.79 Å². The number of hydrogen-bond donors (Lipinski definition) is 3. The molecule has 1 rings (SSSR count). The van der Waals surface area contributed by atoms with Crippen molar-refractivity contribution >= 4 is 11.9 Å². The fraction of sp³-hybridized carbons (Fsp3) is 0.571. The van der Waals surface area contributed by atoms with Crippen LogP contribution in [0.25, 0.3) is 0 Å². The van der Waals surface area contributed by atoms with Gasteiger partial charge in [-0.05, 0) is 5.92 Å². The summed E-state index contributed by atoms with van der Waals surface area (Å²) in [4.78, 5) is 48.8. The quantitative estimate of drug-likeness (QED) is 0.521. The monoisotopic (exact) mass is 326 g/mol. The predicted molar refractivity (Wildman–Crippen MR) is 83.0 cm³/mol. The number of amides is 1. The van der Waals surface area contributed by atoms with Crippen molar-refractivity contribution in [1.29, 1.82) is 0 Å². The molecule has 0 saturated carbocycles. The highest BCUT2D eigenvalue weighted by Crippen LogP contribution is 2.06. The Hall–Kier alpha value is -2.42. The van der Waals surface area contributed by atoms with Gasteiger partial charge in [0.1, 0.15) is 12.1 Å². The summed E-state index contributed by atoms with van der Waals surface area (Å²) in [6.45, 7) is 3.57.